The van der Waals surface area contributed by atoms with Crippen molar-refractivity contribution >= 4 is 5.78 Å². The van der Waals surface area contributed by atoms with Crippen LogP contribution in [-0.2, 0) is 0 Å². The normalized spacial score (nSPS) is 21.2. The summed E-state index contributed by atoms with van der Waals surface area (Å²) in [5.41, 5.74) is 0.793. The molecule has 0 amide bonds. The topological polar surface area (TPSA) is 32.3 Å². The molecule has 0 aliphatic carbocycles. The molecule has 1 aliphatic heterocycles. The summed E-state index contributed by atoms with van der Waals surface area (Å²) in [4.78, 5) is 14.1. The zero-order valence-electron chi connectivity index (χ0n) is 9.65. The first-order valence-corrected chi connectivity index (χ1v) is 5.76. The molecule has 1 saturated heterocycles. The number of ketones is 1. The van der Waals surface area contributed by atoms with Crippen LogP contribution in [-0.4, -0.2) is 43.4 Å². The van der Waals surface area contributed by atoms with Gasteiger partial charge in [-0.3, -0.25) is 4.79 Å². The maximum absolute atomic E-state index is 11.8. The first kappa shape index (κ1) is 11.3. The summed E-state index contributed by atoms with van der Waals surface area (Å²) < 4.78 is 0. The van der Waals surface area contributed by atoms with Crippen LogP contribution < -0.4 is 5.32 Å². The predicted octanol–water partition coefficient (Wildman–Crippen LogP) is 1.16. The predicted molar refractivity (Wildman–Crippen MR) is 64.7 cm³/mol. The van der Waals surface area contributed by atoms with Crippen molar-refractivity contribution in [2.45, 2.75) is 12.5 Å². The minimum atomic E-state index is 0.176. The molecule has 3 heteroatoms. The highest BCUT2D eigenvalue weighted by Gasteiger charge is 2.19. The summed E-state index contributed by atoms with van der Waals surface area (Å²) in [5.74, 6) is 0.176. The molecule has 1 aromatic carbocycles. The molecule has 0 saturated carbocycles. The van der Waals surface area contributed by atoms with Crippen molar-refractivity contribution in [1.29, 1.82) is 0 Å². The molecule has 86 valence electrons. The summed E-state index contributed by atoms with van der Waals surface area (Å²) >= 11 is 0. The second-order valence-electron chi connectivity index (χ2n) is 4.42. The number of likely N-dealkylation sites (N-methyl/N-ethyl adjacent to an activating group) is 1. The van der Waals surface area contributed by atoms with Crippen LogP contribution in [0.25, 0.3) is 0 Å². The van der Waals surface area contributed by atoms with Gasteiger partial charge in [0, 0.05) is 18.2 Å². The number of nitrogens with one attached hydrogen (secondary N) is 1. The van der Waals surface area contributed by atoms with Gasteiger partial charge in [-0.2, -0.15) is 0 Å². The number of hydrogen-bond acceptors (Lipinski definition) is 3. The Bertz CT molecular complexity index is 350. The second kappa shape index (κ2) is 5.23. The Morgan fingerprint density at radius 3 is 2.81 bits per heavy atom. The van der Waals surface area contributed by atoms with Crippen molar-refractivity contribution in [3.8, 4) is 0 Å². The van der Waals surface area contributed by atoms with Crippen LogP contribution in [0.15, 0.2) is 30.3 Å². The van der Waals surface area contributed by atoms with E-state index in [0.29, 0.717) is 12.6 Å². The molecule has 0 spiro atoms. The number of rotatable bonds is 4. The van der Waals surface area contributed by atoms with Gasteiger partial charge in [-0.25, -0.2) is 0 Å². The molecule has 0 aromatic heterocycles. The lowest BCUT2D eigenvalue weighted by molar-refractivity contribution is 0.0987. The third kappa shape index (κ3) is 2.90. The molecule has 0 bridgehead atoms. The van der Waals surface area contributed by atoms with Gasteiger partial charge in [0.1, 0.15) is 0 Å². The van der Waals surface area contributed by atoms with Gasteiger partial charge in [0.15, 0.2) is 5.78 Å². The molecular weight excluding hydrogens is 200 g/mol. The van der Waals surface area contributed by atoms with Crippen LogP contribution in [0.4, 0.5) is 0 Å². The molecule has 2 rings (SSSR count). The Morgan fingerprint density at radius 2 is 2.19 bits per heavy atom. The molecule has 1 fully saturated rings. The number of Topliss-reactive ketones (excluding diaryl/α,β-unsaturated/α-hetero) is 1. The van der Waals surface area contributed by atoms with E-state index in [2.05, 4.69) is 17.3 Å². The first-order chi connectivity index (χ1) is 7.75. The Morgan fingerprint density at radius 1 is 1.44 bits per heavy atom. The lowest BCUT2D eigenvalue weighted by Gasteiger charge is -2.11. The molecule has 0 radical (unpaired) electrons. The number of carbonyl (C=O) groups excluding carboxylic acids is 1. The number of nitrogens with zero attached hydrogens (tertiary/aromatic N) is 1. The van der Waals surface area contributed by atoms with E-state index in [1.54, 1.807) is 0 Å². The zero-order chi connectivity index (χ0) is 11.4. The van der Waals surface area contributed by atoms with Crippen LogP contribution in [0.2, 0.25) is 0 Å². The average Bonchev–Trinajstić information content (AvgIpc) is 2.73. The Kier molecular flexibility index (Phi) is 3.70. The van der Waals surface area contributed by atoms with Crippen LogP contribution in [0.5, 0.6) is 0 Å². The summed E-state index contributed by atoms with van der Waals surface area (Å²) in [5, 5.41) is 3.32. The quantitative estimate of drug-likeness (QED) is 0.770. The lowest BCUT2D eigenvalue weighted by Crippen LogP contribution is -2.35. The van der Waals surface area contributed by atoms with Gasteiger partial charge in [0.25, 0.3) is 0 Å². The van der Waals surface area contributed by atoms with Gasteiger partial charge in [-0.15, -0.1) is 0 Å². The van der Waals surface area contributed by atoms with E-state index in [4.69, 9.17) is 0 Å². The van der Waals surface area contributed by atoms with E-state index in [9.17, 15) is 4.79 Å². The lowest BCUT2D eigenvalue weighted by atomic mass is 10.1. The van der Waals surface area contributed by atoms with Crippen LogP contribution in [0, 0.1) is 0 Å². The van der Waals surface area contributed by atoms with E-state index < -0.39 is 0 Å². The highest BCUT2D eigenvalue weighted by atomic mass is 16.1. The van der Waals surface area contributed by atoms with E-state index in [1.165, 1.54) is 0 Å². The Balaban J connectivity index is 1.80. The van der Waals surface area contributed by atoms with Crippen molar-refractivity contribution in [2.24, 2.45) is 0 Å². The van der Waals surface area contributed by atoms with Crippen molar-refractivity contribution < 1.29 is 4.79 Å². The smallest absolute Gasteiger partial charge is 0.176 e. The average molecular weight is 218 g/mol. The minimum Gasteiger partial charge on any atom is -0.306 e. The highest BCUT2D eigenvalue weighted by Crippen LogP contribution is 2.06. The first-order valence-electron chi connectivity index (χ1n) is 5.76. The largest absolute Gasteiger partial charge is 0.306 e. The van der Waals surface area contributed by atoms with Gasteiger partial charge >= 0.3 is 0 Å². The van der Waals surface area contributed by atoms with Crippen molar-refractivity contribution in [1.82, 2.24) is 10.2 Å². The molecule has 3 nitrogen and oxygen atoms in total. The molecule has 1 N–H and O–H groups in total. The molecule has 1 atom stereocenters. The molecular formula is C13H18N2O. The minimum absolute atomic E-state index is 0.176. The SMILES string of the molecule is CN1CC[C@@H](NCC(=O)c2ccccc2)C1. The maximum Gasteiger partial charge on any atom is 0.176 e. The molecule has 1 aliphatic rings. The van der Waals surface area contributed by atoms with Gasteiger partial charge in [-0.1, -0.05) is 30.3 Å². The van der Waals surface area contributed by atoms with Gasteiger partial charge in [0.2, 0.25) is 0 Å². The molecule has 16 heavy (non-hydrogen) atoms. The van der Waals surface area contributed by atoms with Crippen molar-refractivity contribution in [3.05, 3.63) is 35.9 Å². The Labute approximate surface area is 96.5 Å². The molecule has 0 unspecified atom stereocenters. The van der Waals surface area contributed by atoms with Crippen LogP contribution in [0.3, 0.4) is 0 Å². The number of hydrogen-bond donors (Lipinski definition) is 1. The van der Waals surface area contributed by atoms with Crippen molar-refractivity contribution in [3.63, 3.8) is 0 Å². The van der Waals surface area contributed by atoms with Crippen LogP contribution in [0.1, 0.15) is 16.8 Å². The second-order valence-corrected chi connectivity index (χ2v) is 4.42. The van der Waals surface area contributed by atoms with E-state index >= 15 is 0 Å². The van der Waals surface area contributed by atoms with E-state index in [0.717, 1.165) is 25.1 Å². The number of likely N-dealkylation sites (tertiary alicyclic amines) is 1. The van der Waals surface area contributed by atoms with Gasteiger partial charge in [-0.05, 0) is 20.0 Å². The summed E-state index contributed by atoms with van der Waals surface area (Å²) in [6.07, 6.45) is 1.14. The fourth-order valence-corrected chi connectivity index (χ4v) is 2.06. The molecule has 1 heterocycles. The third-order valence-electron chi connectivity index (χ3n) is 3.04. The highest BCUT2D eigenvalue weighted by molar-refractivity contribution is 5.97. The maximum atomic E-state index is 11.8. The summed E-state index contributed by atoms with van der Waals surface area (Å²) in [7, 11) is 2.11. The van der Waals surface area contributed by atoms with Crippen LogP contribution >= 0.6 is 0 Å². The third-order valence-corrected chi connectivity index (χ3v) is 3.04. The summed E-state index contributed by atoms with van der Waals surface area (Å²) in [6.45, 7) is 2.61. The fourth-order valence-electron chi connectivity index (χ4n) is 2.06. The van der Waals surface area contributed by atoms with E-state index in [1.807, 2.05) is 30.3 Å². The van der Waals surface area contributed by atoms with Crippen molar-refractivity contribution in [2.75, 3.05) is 26.7 Å². The summed E-state index contributed by atoms with van der Waals surface area (Å²) in [6, 6.07) is 9.93. The van der Waals surface area contributed by atoms with E-state index in [-0.39, 0.29) is 5.78 Å². The number of carbonyl (C=O) groups is 1. The monoisotopic (exact) mass is 218 g/mol. The zero-order valence-corrected chi connectivity index (χ0v) is 9.65. The molecule has 1 aromatic rings. The standard InChI is InChI=1S/C13H18N2O/c1-15-8-7-12(10-15)14-9-13(16)11-5-3-2-4-6-11/h2-6,12,14H,7-10H2,1H3/t12-/m1/s1. The van der Waals surface area contributed by atoms with Gasteiger partial charge < -0.3 is 10.2 Å². The Hall–Kier alpha value is -1.19. The number of benzene rings is 1. The van der Waals surface area contributed by atoms with Gasteiger partial charge in [0.05, 0.1) is 6.54 Å². The fraction of sp³-hybridized carbons (Fsp3) is 0.462.